The summed E-state index contributed by atoms with van der Waals surface area (Å²) in [6.45, 7) is 4.96. The first-order valence-corrected chi connectivity index (χ1v) is 4.84. The molecular formula is C12H15N. The van der Waals surface area contributed by atoms with Crippen molar-refractivity contribution in [2.75, 3.05) is 11.4 Å². The van der Waals surface area contributed by atoms with Gasteiger partial charge in [-0.3, -0.25) is 0 Å². The van der Waals surface area contributed by atoms with Gasteiger partial charge in [0.25, 0.3) is 0 Å². The Morgan fingerprint density at radius 3 is 2.85 bits per heavy atom. The summed E-state index contributed by atoms with van der Waals surface area (Å²) >= 11 is 0. The van der Waals surface area contributed by atoms with E-state index in [0.29, 0.717) is 0 Å². The summed E-state index contributed by atoms with van der Waals surface area (Å²) in [5, 5.41) is 0. The summed E-state index contributed by atoms with van der Waals surface area (Å²) < 4.78 is 0. The summed E-state index contributed by atoms with van der Waals surface area (Å²) in [4.78, 5) is 2.43. The normalized spacial score (nSPS) is 20.0. The standard InChI is InChI=1S/C12H15N/c1-2-3-7-12-10-13(12)11-8-5-4-6-9-11/h2,4-6,8-9,12H,1,3,7,10H2. The number of nitrogens with zero attached hydrogens (tertiary/aromatic N) is 1. The first-order chi connectivity index (χ1) is 6.42. The largest absolute Gasteiger partial charge is 0.365 e. The Morgan fingerprint density at radius 1 is 1.38 bits per heavy atom. The molecule has 1 aliphatic heterocycles. The monoisotopic (exact) mass is 173 g/mol. The van der Waals surface area contributed by atoms with Crippen LogP contribution >= 0.6 is 0 Å². The number of hydrogen-bond donors (Lipinski definition) is 0. The van der Waals surface area contributed by atoms with Crippen molar-refractivity contribution in [1.29, 1.82) is 0 Å². The number of rotatable bonds is 4. The predicted molar refractivity (Wildman–Crippen MR) is 57.0 cm³/mol. The molecule has 0 bridgehead atoms. The van der Waals surface area contributed by atoms with Crippen molar-refractivity contribution in [3.63, 3.8) is 0 Å². The molecule has 0 aliphatic carbocycles. The summed E-state index contributed by atoms with van der Waals surface area (Å²) in [5.74, 6) is 0. The van der Waals surface area contributed by atoms with Gasteiger partial charge >= 0.3 is 0 Å². The Kier molecular flexibility index (Phi) is 2.35. The van der Waals surface area contributed by atoms with Crippen LogP contribution in [0.5, 0.6) is 0 Å². The third-order valence-corrected chi connectivity index (χ3v) is 2.51. The molecule has 1 nitrogen and oxygen atoms in total. The molecule has 1 aromatic carbocycles. The van der Waals surface area contributed by atoms with Gasteiger partial charge in [0.1, 0.15) is 0 Å². The Hall–Kier alpha value is -1.24. The van der Waals surface area contributed by atoms with Crippen LogP contribution < -0.4 is 4.90 Å². The summed E-state index contributed by atoms with van der Waals surface area (Å²) in [7, 11) is 0. The molecule has 0 radical (unpaired) electrons. The van der Waals surface area contributed by atoms with E-state index in [1.807, 2.05) is 6.08 Å². The van der Waals surface area contributed by atoms with Crippen LogP contribution in [0.3, 0.4) is 0 Å². The van der Waals surface area contributed by atoms with E-state index in [2.05, 4.69) is 41.8 Å². The van der Waals surface area contributed by atoms with Crippen LogP contribution in [0.15, 0.2) is 43.0 Å². The van der Waals surface area contributed by atoms with E-state index in [9.17, 15) is 0 Å². The molecule has 2 rings (SSSR count). The van der Waals surface area contributed by atoms with Crippen molar-refractivity contribution < 1.29 is 0 Å². The maximum atomic E-state index is 3.74. The van der Waals surface area contributed by atoms with E-state index in [-0.39, 0.29) is 0 Å². The molecule has 0 amide bonds. The highest BCUT2D eigenvalue weighted by Crippen LogP contribution is 2.29. The number of hydrogen-bond acceptors (Lipinski definition) is 1. The lowest BCUT2D eigenvalue weighted by atomic mass is 10.2. The summed E-state index contributed by atoms with van der Waals surface area (Å²) in [5.41, 5.74) is 1.36. The van der Waals surface area contributed by atoms with Gasteiger partial charge in [-0.15, -0.1) is 6.58 Å². The van der Waals surface area contributed by atoms with Crippen molar-refractivity contribution in [1.82, 2.24) is 0 Å². The molecule has 1 aliphatic rings. The van der Waals surface area contributed by atoms with Gasteiger partial charge in [0.2, 0.25) is 0 Å². The third-order valence-electron chi connectivity index (χ3n) is 2.51. The Labute approximate surface area is 79.7 Å². The Balaban J connectivity index is 1.89. The van der Waals surface area contributed by atoms with Crippen LogP contribution in [0.4, 0.5) is 5.69 Å². The van der Waals surface area contributed by atoms with Crippen molar-refractivity contribution in [2.45, 2.75) is 18.9 Å². The molecular weight excluding hydrogens is 158 g/mol. The molecule has 1 heterocycles. The highest BCUT2D eigenvalue weighted by atomic mass is 15.3. The van der Waals surface area contributed by atoms with Crippen LogP contribution in [-0.2, 0) is 0 Å². The van der Waals surface area contributed by atoms with Crippen LogP contribution in [0, 0.1) is 0 Å². The van der Waals surface area contributed by atoms with Gasteiger partial charge < -0.3 is 4.90 Å². The molecule has 1 unspecified atom stereocenters. The van der Waals surface area contributed by atoms with Crippen molar-refractivity contribution in [3.8, 4) is 0 Å². The maximum Gasteiger partial charge on any atom is 0.0469 e. The maximum absolute atomic E-state index is 3.74. The molecule has 1 fully saturated rings. The molecule has 1 atom stereocenters. The zero-order valence-electron chi connectivity index (χ0n) is 7.82. The summed E-state index contributed by atoms with van der Waals surface area (Å²) in [6.07, 6.45) is 4.38. The Bertz CT molecular complexity index is 278. The second-order valence-electron chi connectivity index (χ2n) is 3.51. The fourth-order valence-electron chi connectivity index (χ4n) is 1.67. The fraction of sp³-hybridized carbons (Fsp3) is 0.333. The van der Waals surface area contributed by atoms with Gasteiger partial charge in [0.05, 0.1) is 0 Å². The van der Waals surface area contributed by atoms with Gasteiger partial charge in [0.15, 0.2) is 0 Å². The zero-order chi connectivity index (χ0) is 9.10. The third kappa shape index (κ3) is 1.92. The van der Waals surface area contributed by atoms with E-state index in [0.717, 1.165) is 12.5 Å². The van der Waals surface area contributed by atoms with Gasteiger partial charge in [-0.2, -0.15) is 0 Å². The number of anilines is 1. The van der Waals surface area contributed by atoms with E-state index in [4.69, 9.17) is 0 Å². The quantitative estimate of drug-likeness (QED) is 0.500. The average molecular weight is 173 g/mol. The van der Waals surface area contributed by atoms with Gasteiger partial charge in [0, 0.05) is 18.3 Å². The first kappa shape index (κ1) is 8.36. The molecule has 0 aromatic heterocycles. The molecule has 0 N–H and O–H groups in total. The SMILES string of the molecule is C=CCCC1CN1c1ccccc1. The van der Waals surface area contributed by atoms with Crippen LogP contribution in [0.1, 0.15) is 12.8 Å². The van der Waals surface area contributed by atoms with Crippen molar-refractivity contribution >= 4 is 5.69 Å². The van der Waals surface area contributed by atoms with Crippen LogP contribution in [0.25, 0.3) is 0 Å². The fourth-order valence-corrected chi connectivity index (χ4v) is 1.67. The lowest BCUT2D eigenvalue weighted by Crippen LogP contribution is -1.97. The van der Waals surface area contributed by atoms with E-state index >= 15 is 0 Å². The topological polar surface area (TPSA) is 3.01 Å². The number of allylic oxidation sites excluding steroid dienone is 1. The second-order valence-corrected chi connectivity index (χ2v) is 3.51. The molecule has 1 saturated heterocycles. The van der Waals surface area contributed by atoms with Crippen LogP contribution in [0.2, 0.25) is 0 Å². The minimum atomic E-state index is 0.764. The second kappa shape index (κ2) is 3.65. The first-order valence-electron chi connectivity index (χ1n) is 4.84. The molecule has 0 saturated carbocycles. The molecule has 0 spiro atoms. The molecule has 68 valence electrons. The van der Waals surface area contributed by atoms with E-state index in [1.165, 1.54) is 18.7 Å². The van der Waals surface area contributed by atoms with Crippen molar-refractivity contribution in [3.05, 3.63) is 43.0 Å². The minimum absolute atomic E-state index is 0.764. The zero-order valence-corrected chi connectivity index (χ0v) is 7.82. The summed E-state index contributed by atoms with van der Waals surface area (Å²) in [6, 6.07) is 11.4. The van der Waals surface area contributed by atoms with E-state index < -0.39 is 0 Å². The molecule has 1 aromatic rings. The average Bonchev–Trinajstić information content (AvgIpc) is 2.95. The molecule has 1 heteroatoms. The highest BCUT2D eigenvalue weighted by molar-refractivity contribution is 5.53. The predicted octanol–water partition coefficient (Wildman–Crippen LogP) is 2.84. The Morgan fingerprint density at radius 2 is 2.15 bits per heavy atom. The minimum Gasteiger partial charge on any atom is -0.365 e. The lowest BCUT2D eigenvalue weighted by Gasteiger charge is -2.03. The van der Waals surface area contributed by atoms with E-state index in [1.54, 1.807) is 0 Å². The van der Waals surface area contributed by atoms with Gasteiger partial charge in [-0.1, -0.05) is 24.3 Å². The van der Waals surface area contributed by atoms with Crippen LogP contribution in [-0.4, -0.2) is 12.6 Å². The smallest absolute Gasteiger partial charge is 0.0469 e. The number of para-hydroxylation sites is 1. The number of benzene rings is 1. The lowest BCUT2D eigenvalue weighted by molar-refractivity contribution is 0.843. The van der Waals surface area contributed by atoms with Gasteiger partial charge in [-0.25, -0.2) is 0 Å². The highest BCUT2D eigenvalue weighted by Gasteiger charge is 2.32. The van der Waals surface area contributed by atoms with Gasteiger partial charge in [-0.05, 0) is 25.0 Å². The molecule has 13 heavy (non-hydrogen) atoms. The van der Waals surface area contributed by atoms with Crippen molar-refractivity contribution in [2.24, 2.45) is 0 Å².